The van der Waals surface area contributed by atoms with Gasteiger partial charge in [0.25, 0.3) is 5.91 Å². The molecule has 0 radical (unpaired) electrons. The van der Waals surface area contributed by atoms with E-state index >= 15 is 0 Å². The van der Waals surface area contributed by atoms with Crippen molar-refractivity contribution in [3.8, 4) is 0 Å². The van der Waals surface area contributed by atoms with Gasteiger partial charge in [-0.05, 0) is 43.5 Å². The number of esters is 1. The number of hydrogen-bond acceptors (Lipinski definition) is 5. The fourth-order valence-electron chi connectivity index (χ4n) is 2.91. The summed E-state index contributed by atoms with van der Waals surface area (Å²) in [7, 11) is 0. The van der Waals surface area contributed by atoms with E-state index in [1.165, 1.54) is 0 Å². The quantitative estimate of drug-likeness (QED) is 0.637. The lowest BCUT2D eigenvalue weighted by Crippen LogP contribution is -2.37. The number of nitrogens with zero attached hydrogens (tertiary/aromatic N) is 3. The zero-order valence-corrected chi connectivity index (χ0v) is 16.3. The van der Waals surface area contributed by atoms with Crippen LogP contribution in [0.25, 0.3) is 11.0 Å². The molecule has 0 fully saturated rings. The Kier molecular flexibility index (Phi) is 6.03. The molecule has 2 atom stereocenters. The molecule has 7 heteroatoms. The number of nitrogens with one attached hydrogen (secondary N) is 1. The molecule has 0 aliphatic heterocycles. The fourth-order valence-corrected chi connectivity index (χ4v) is 2.91. The summed E-state index contributed by atoms with van der Waals surface area (Å²) in [6.07, 6.45) is -0.891. The van der Waals surface area contributed by atoms with E-state index < -0.39 is 12.1 Å². The lowest BCUT2D eigenvalue weighted by molar-refractivity contribution is -0.129. The van der Waals surface area contributed by atoms with Crippen molar-refractivity contribution in [2.45, 2.75) is 39.3 Å². The molecule has 7 nitrogen and oxygen atoms in total. The summed E-state index contributed by atoms with van der Waals surface area (Å²) < 4.78 is 7.06. The van der Waals surface area contributed by atoms with E-state index in [2.05, 4.69) is 15.6 Å². The first-order valence-electron chi connectivity index (χ1n) is 9.36. The van der Waals surface area contributed by atoms with Crippen LogP contribution in [0.15, 0.2) is 48.5 Å². The second-order valence-electron chi connectivity index (χ2n) is 6.71. The van der Waals surface area contributed by atoms with Gasteiger partial charge in [0, 0.05) is 13.1 Å². The van der Waals surface area contributed by atoms with Gasteiger partial charge in [-0.1, -0.05) is 42.5 Å². The van der Waals surface area contributed by atoms with Gasteiger partial charge < -0.3 is 10.1 Å². The highest BCUT2D eigenvalue weighted by molar-refractivity contribution is 5.95. The van der Waals surface area contributed by atoms with Crippen LogP contribution in [-0.2, 0) is 16.1 Å². The first kappa shape index (κ1) is 19.5. The van der Waals surface area contributed by atoms with Crippen LogP contribution >= 0.6 is 0 Å². The molecule has 0 saturated carbocycles. The molecule has 1 aromatic heterocycles. The van der Waals surface area contributed by atoms with Gasteiger partial charge in [0.05, 0.1) is 11.1 Å². The molecule has 0 aliphatic carbocycles. The van der Waals surface area contributed by atoms with Crippen molar-refractivity contribution in [2.24, 2.45) is 0 Å². The third kappa shape index (κ3) is 4.36. The van der Waals surface area contributed by atoms with Crippen molar-refractivity contribution in [1.29, 1.82) is 0 Å². The molecular formula is C21H24N4O3. The molecule has 2 aromatic carbocycles. The highest BCUT2D eigenvalue weighted by Crippen LogP contribution is 2.15. The Morgan fingerprint density at radius 2 is 1.89 bits per heavy atom. The number of aryl methyl sites for hydroxylation is 1. The molecule has 0 bridgehead atoms. The second-order valence-corrected chi connectivity index (χ2v) is 6.71. The number of aromatic nitrogens is 3. The number of hydrogen-bond donors (Lipinski definition) is 1. The van der Waals surface area contributed by atoms with Crippen molar-refractivity contribution in [2.75, 3.05) is 6.54 Å². The summed E-state index contributed by atoms with van der Waals surface area (Å²) in [5, 5.41) is 10.9. The van der Waals surface area contributed by atoms with Gasteiger partial charge >= 0.3 is 5.97 Å². The number of rotatable bonds is 7. The summed E-state index contributed by atoms with van der Waals surface area (Å²) in [6, 6.07) is 15.0. The monoisotopic (exact) mass is 380 g/mol. The maximum Gasteiger partial charge on any atom is 0.338 e. The highest BCUT2D eigenvalue weighted by Gasteiger charge is 2.20. The minimum atomic E-state index is -0.891. The zero-order valence-electron chi connectivity index (χ0n) is 16.3. The standard InChI is InChI=1S/C21H24N4O3/c1-4-25-19-11-10-17(12-18(19)23-24-25)21(27)28-15(3)20(26)22-13-14(2)16-8-6-5-7-9-16/h5-12,14-15H,4,13H2,1-3H3,(H,22,26)/t14-,15-/m0/s1. The Labute approximate surface area is 163 Å². The first-order chi connectivity index (χ1) is 13.5. The van der Waals surface area contributed by atoms with E-state index in [1.807, 2.05) is 44.2 Å². The third-order valence-corrected chi connectivity index (χ3v) is 4.65. The Hall–Kier alpha value is -3.22. The normalized spacial score (nSPS) is 13.1. The summed E-state index contributed by atoms with van der Waals surface area (Å²) >= 11 is 0. The van der Waals surface area contributed by atoms with Crippen LogP contribution in [0.1, 0.15) is 42.6 Å². The topological polar surface area (TPSA) is 86.1 Å². The van der Waals surface area contributed by atoms with Gasteiger partial charge in [-0.2, -0.15) is 0 Å². The Bertz CT molecular complexity index is 968. The van der Waals surface area contributed by atoms with E-state index in [-0.39, 0.29) is 11.8 Å². The molecule has 0 saturated heterocycles. The maximum absolute atomic E-state index is 12.4. The van der Waals surface area contributed by atoms with Gasteiger partial charge in [-0.3, -0.25) is 4.79 Å². The van der Waals surface area contributed by atoms with E-state index in [4.69, 9.17) is 4.74 Å². The van der Waals surface area contributed by atoms with E-state index in [9.17, 15) is 9.59 Å². The number of fused-ring (bicyclic) bond motifs is 1. The molecule has 0 aliphatic rings. The van der Waals surface area contributed by atoms with Crippen molar-refractivity contribution >= 4 is 22.9 Å². The molecule has 0 unspecified atom stereocenters. The van der Waals surface area contributed by atoms with Gasteiger partial charge in [-0.15, -0.1) is 5.10 Å². The van der Waals surface area contributed by atoms with Gasteiger partial charge in [0.2, 0.25) is 0 Å². The largest absolute Gasteiger partial charge is 0.449 e. The fraction of sp³-hybridized carbons (Fsp3) is 0.333. The Morgan fingerprint density at radius 3 is 2.61 bits per heavy atom. The van der Waals surface area contributed by atoms with Crippen LogP contribution < -0.4 is 5.32 Å². The van der Waals surface area contributed by atoms with Crippen molar-refractivity contribution < 1.29 is 14.3 Å². The van der Waals surface area contributed by atoms with E-state index in [0.29, 0.717) is 24.2 Å². The number of ether oxygens (including phenoxy) is 1. The van der Waals surface area contributed by atoms with Gasteiger partial charge in [0.15, 0.2) is 6.10 Å². The summed E-state index contributed by atoms with van der Waals surface area (Å²) in [5.41, 5.74) is 2.94. The van der Waals surface area contributed by atoms with Crippen LogP contribution in [0.5, 0.6) is 0 Å². The molecule has 1 amide bonds. The highest BCUT2D eigenvalue weighted by atomic mass is 16.5. The first-order valence-corrected chi connectivity index (χ1v) is 9.36. The third-order valence-electron chi connectivity index (χ3n) is 4.65. The molecular weight excluding hydrogens is 356 g/mol. The van der Waals surface area contributed by atoms with Crippen LogP contribution in [-0.4, -0.2) is 39.5 Å². The van der Waals surface area contributed by atoms with Crippen molar-refractivity contribution in [3.63, 3.8) is 0 Å². The average molecular weight is 380 g/mol. The lowest BCUT2D eigenvalue weighted by Gasteiger charge is -2.16. The van der Waals surface area contributed by atoms with Crippen LogP contribution in [0, 0.1) is 0 Å². The summed E-state index contributed by atoms with van der Waals surface area (Å²) in [4.78, 5) is 24.7. The predicted molar refractivity (Wildman–Crippen MR) is 106 cm³/mol. The molecule has 0 spiro atoms. The minimum Gasteiger partial charge on any atom is -0.449 e. The SMILES string of the molecule is CCn1nnc2cc(C(=O)O[C@@H](C)C(=O)NC[C@H](C)c3ccccc3)ccc21. The molecule has 1 heterocycles. The summed E-state index contributed by atoms with van der Waals surface area (Å²) in [6.45, 7) is 6.72. The number of benzene rings is 2. The molecule has 146 valence electrons. The van der Waals surface area contributed by atoms with Crippen LogP contribution in [0.3, 0.4) is 0 Å². The van der Waals surface area contributed by atoms with Crippen LogP contribution in [0.4, 0.5) is 0 Å². The maximum atomic E-state index is 12.4. The molecule has 28 heavy (non-hydrogen) atoms. The van der Waals surface area contributed by atoms with E-state index in [1.54, 1.807) is 29.8 Å². The Balaban J connectivity index is 1.56. The van der Waals surface area contributed by atoms with Gasteiger partial charge in [0.1, 0.15) is 5.52 Å². The second kappa shape index (κ2) is 8.65. The lowest BCUT2D eigenvalue weighted by atomic mass is 10.0. The number of carbonyl (C=O) groups excluding carboxylic acids is 2. The zero-order chi connectivity index (χ0) is 20.1. The molecule has 3 rings (SSSR count). The minimum absolute atomic E-state index is 0.164. The molecule has 3 aromatic rings. The van der Waals surface area contributed by atoms with Crippen molar-refractivity contribution in [3.05, 3.63) is 59.7 Å². The average Bonchev–Trinajstić information content (AvgIpc) is 3.14. The smallest absolute Gasteiger partial charge is 0.338 e. The number of carbonyl (C=O) groups is 2. The van der Waals surface area contributed by atoms with Crippen LogP contribution in [0.2, 0.25) is 0 Å². The summed E-state index contributed by atoms with van der Waals surface area (Å²) in [5.74, 6) is -0.725. The molecule has 1 N–H and O–H groups in total. The van der Waals surface area contributed by atoms with Gasteiger partial charge in [-0.25, -0.2) is 9.48 Å². The predicted octanol–water partition coefficient (Wildman–Crippen LogP) is 2.92. The number of amides is 1. The van der Waals surface area contributed by atoms with E-state index in [0.717, 1.165) is 11.1 Å². The van der Waals surface area contributed by atoms with Crippen molar-refractivity contribution in [1.82, 2.24) is 20.3 Å². The Morgan fingerprint density at radius 1 is 1.14 bits per heavy atom.